The van der Waals surface area contributed by atoms with Gasteiger partial charge in [-0.1, -0.05) is 0 Å². The van der Waals surface area contributed by atoms with E-state index in [2.05, 4.69) is 17.5 Å². The summed E-state index contributed by atoms with van der Waals surface area (Å²) in [5, 5.41) is 6.07. The Hall–Kier alpha value is -1.32. The zero-order chi connectivity index (χ0) is 7.56. The van der Waals surface area contributed by atoms with Gasteiger partial charge in [0.25, 0.3) is 5.91 Å². The van der Waals surface area contributed by atoms with Crippen LogP contribution in [0.25, 0.3) is 0 Å². The lowest BCUT2D eigenvalue weighted by Gasteiger charge is -1.97. The van der Waals surface area contributed by atoms with Crippen LogP contribution in [-0.2, 0) is 7.05 Å². The molecule has 1 rings (SSSR count). The Morgan fingerprint density at radius 3 is 3.00 bits per heavy atom. The molecule has 1 amide bonds. The van der Waals surface area contributed by atoms with Gasteiger partial charge in [0, 0.05) is 20.3 Å². The Morgan fingerprint density at radius 2 is 2.60 bits per heavy atom. The summed E-state index contributed by atoms with van der Waals surface area (Å²) in [4.78, 5) is 10.9. The van der Waals surface area contributed by atoms with Crippen molar-refractivity contribution >= 4 is 5.91 Å². The molecule has 0 unspecified atom stereocenters. The van der Waals surface area contributed by atoms with E-state index in [4.69, 9.17) is 0 Å². The number of aromatic nitrogens is 2. The number of nitrogens with one attached hydrogen (secondary N) is 1. The summed E-state index contributed by atoms with van der Waals surface area (Å²) in [5.41, 5.74) is 0.509. The van der Waals surface area contributed by atoms with Crippen molar-refractivity contribution in [3.8, 4) is 0 Å². The first-order chi connectivity index (χ1) is 4.75. The number of hydrogen-bond acceptors (Lipinski definition) is 2. The maximum Gasteiger partial charge on any atom is 0.269 e. The molecule has 0 saturated carbocycles. The second kappa shape index (κ2) is 2.51. The van der Waals surface area contributed by atoms with Gasteiger partial charge in [-0.05, 0) is 6.07 Å². The average molecular weight is 138 g/mol. The van der Waals surface area contributed by atoms with Gasteiger partial charge < -0.3 is 5.32 Å². The van der Waals surface area contributed by atoms with Crippen LogP contribution in [0, 0.1) is 7.05 Å². The molecule has 1 heterocycles. The van der Waals surface area contributed by atoms with Gasteiger partial charge in [-0.3, -0.25) is 9.48 Å². The smallest absolute Gasteiger partial charge is 0.269 e. The minimum absolute atomic E-state index is 0.222. The fraction of sp³-hybridized carbons (Fsp3) is 0.167. The molecule has 1 radical (unpaired) electrons. The van der Waals surface area contributed by atoms with Crippen molar-refractivity contribution in [2.75, 3.05) is 0 Å². The van der Waals surface area contributed by atoms with Crippen LogP contribution in [-0.4, -0.2) is 15.7 Å². The highest BCUT2D eigenvalue weighted by Gasteiger charge is 2.05. The van der Waals surface area contributed by atoms with Gasteiger partial charge in [0.05, 0.1) is 0 Å². The second-order valence-electron chi connectivity index (χ2n) is 1.85. The van der Waals surface area contributed by atoms with Gasteiger partial charge in [0.2, 0.25) is 0 Å². The Kier molecular flexibility index (Phi) is 1.71. The molecule has 0 saturated heterocycles. The molecule has 0 bridgehead atoms. The van der Waals surface area contributed by atoms with E-state index in [0.717, 1.165) is 0 Å². The van der Waals surface area contributed by atoms with Crippen molar-refractivity contribution in [2.24, 2.45) is 7.05 Å². The highest BCUT2D eigenvalue weighted by atomic mass is 16.1. The monoisotopic (exact) mass is 138 g/mol. The molecule has 10 heavy (non-hydrogen) atoms. The molecule has 1 N–H and O–H groups in total. The Morgan fingerprint density at radius 1 is 1.90 bits per heavy atom. The lowest BCUT2D eigenvalue weighted by atomic mass is 10.4. The molecule has 0 spiro atoms. The number of carbonyl (C=O) groups is 1. The van der Waals surface area contributed by atoms with E-state index in [1.165, 1.54) is 4.68 Å². The van der Waals surface area contributed by atoms with Gasteiger partial charge in [0.1, 0.15) is 5.69 Å². The standard InChI is InChI=1S/C6H8N3O/c1-7-6(10)5-3-4-8-9(5)2/h3-4H,1H2,2H3,(H,7,10). The molecule has 1 aromatic heterocycles. The van der Waals surface area contributed by atoms with Crippen LogP contribution in [0.4, 0.5) is 0 Å². The van der Waals surface area contributed by atoms with E-state index < -0.39 is 0 Å². The van der Waals surface area contributed by atoms with E-state index in [-0.39, 0.29) is 5.91 Å². The molecule has 0 fully saturated rings. The summed E-state index contributed by atoms with van der Waals surface area (Å²) in [6, 6.07) is 1.63. The largest absolute Gasteiger partial charge is 0.349 e. The van der Waals surface area contributed by atoms with Crippen molar-refractivity contribution in [2.45, 2.75) is 0 Å². The van der Waals surface area contributed by atoms with Crippen LogP contribution < -0.4 is 5.32 Å². The highest BCUT2D eigenvalue weighted by molar-refractivity contribution is 5.92. The van der Waals surface area contributed by atoms with Crippen LogP contribution in [0.2, 0.25) is 0 Å². The molecule has 4 nitrogen and oxygen atoms in total. The molecule has 0 aliphatic rings. The molecule has 0 aromatic carbocycles. The Bertz CT molecular complexity index is 241. The number of aryl methyl sites for hydroxylation is 1. The van der Waals surface area contributed by atoms with E-state index in [9.17, 15) is 4.79 Å². The summed E-state index contributed by atoms with van der Waals surface area (Å²) < 4.78 is 1.49. The summed E-state index contributed by atoms with van der Waals surface area (Å²) in [6.45, 7) is 0. The fourth-order valence-corrected chi connectivity index (χ4v) is 0.687. The Labute approximate surface area is 58.8 Å². The summed E-state index contributed by atoms with van der Waals surface area (Å²) in [5.74, 6) is -0.222. The molecular formula is C6H8N3O. The molecule has 4 heteroatoms. The number of rotatable bonds is 1. The van der Waals surface area contributed by atoms with Gasteiger partial charge in [-0.15, -0.1) is 0 Å². The molecule has 0 aliphatic heterocycles. The summed E-state index contributed by atoms with van der Waals surface area (Å²) >= 11 is 0. The van der Waals surface area contributed by atoms with Crippen LogP contribution in [0.3, 0.4) is 0 Å². The zero-order valence-corrected chi connectivity index (χ0v) is 5.66. The first kappa shape index (κ1) is 6.80. The molecule has 0 aliphatic carbocycles. The molecule has 53 valence electrons. The second-order valence-corrected chi connectivity index (χ2v) is 1.85. The highest BCUT2D eigenvalue weighted by Crippen LogP contribution is 1.94. The van der Waals surface area contributed by atoms with Crippen LogP contribution in [0.15, 0.2) is 12.3 Å². The number of nitrogens with zero attached hydrogens (tertiary/aromatic N) is 2. The van der Waals surface area contributed by atoms with E-state index in [1.807, 2.05) is 0 Å². The average Bonchev–Trinajstić information content (AvgIpc) is 2.34. The van der Waals surface area contributed by atoms with Crippen molar-refractivity contribution in [3.05, 3.63) is 25.0 Å². The van der Waals surface area contributed by atoms with Crippen LogP contribution >= 0.6 is 0 Å². The molecule has 0 atom stereocenters. The van der Waals surface area contributed by atoms with Gasteiger partial charge in [0.15, 0.2) is 0 Å². The summed E-state index contributed by atoms with van der Waals surface area (Å²) in [7, 11) is 4.94. The first-order valence-corrected chi connectivity index (χ1v) is 2.81. The number of hydrogen-bond donors (Lipinski definition) is 1. The van der Waals surface area contributed by atoms with Crippen molar-refractivity contribution in [1.29, 1.82) is 0 Å². The minimum atomic E-state index is -0.222. The first-order valence-electron chi connectivity index (χ1n) is 2.81. The third-order valence-electron chi connectivity index (χ3n) is 1.21. The van der Waals surface area contributed by atoms with Gasteiger partial charge in [-0.2, -0.15) is 5.10 Å². The van der Waals surface area contributed by atoms with E-state index >= 15 is 0 Å². The van der Waals surface area contributed by atoms with E-state index in [1.54, 1.807) is 19.3 Å². The van der Waals surface area contributed by atoms with Crippen molar-refractivity contribution in [1.82, 2.24) is 15.1 Å². The van der Waals surface area contributed by atoms with Crippen molar-refractivity contribution < 1.29 is 4.79 Å². The maximum absolute atomic E-state index is 10.9. The van der Waals surface area contributed by atoms with Crippen LogP contribution in [0.5, 0.6) is 0 Å². The Balaban J connectivity index is 2.93. The molecule has 1 aromatic rings. The third kappa shape index (κ3) is 1.00. The number of carbonyl (C=O) groups excluding carboxylic acids is 1. The quantitative estimate of drug-likeness (QED) is 0.591. The van der Waals surface area contributed by atoms with Gasteiger partial charge >= 0.3 is 0 Å². The number of amides is 1. The van der Waals surface area contributed by atoms with Crippen molar-refractivity contribution in [3.63, 3.8) is 0 Å². The maximum atomic E-state index is 10.9. The predicted octanol–water partition coefficient (Wildman–Crippen LogP) is -0.0585. The molecular weight excluding hydrogens is 130 g/mol. The predicted molar refractivity (Wildman–Crippen MR) is 36.0 cm³/mol. The summed E-state index contributed by atoms with van der Waals surface area (Å²) in [6.07, 6.45) is 1.56. The van der Waals surface area contributed by atoms with Gasteiger partial charge in [-0.25, -0.2) is 0 Å². The zero-order valence-electron chi connectivity index (χ0n) is 5.66. The normalized spacial score (nSPS) is 9.40. The lowest BCUT2D eigenvalue weighted by Crippen LogP contribution is -2.18. The fourth-order valence-electron chi connectivity index (χ4n) is 0.687. The third-order valence-corrected chi connectivity index (χ3v) is 1.21. The van der Waals surface area contributed by atoms with Crippen LogP contribution in [0.1, 0.15) is 10.5 Å². The topological polar surface area (TPSA) is 46.9 Å². The lowest BCUT2D eigenvalue weighted by molar-refractivity contribution is 0.0960. The minimum Gasteiger partial charge on any atom is -0.349 e. The van der Waals surface area contributed by atoms with E-state index in [0.29, 0.717) is 5.69 Å². The SMILES string of the molecule is [CH2]NC(=O)c1ccnn1C.